The van der Waals surface area contributed by atoms with E-state index in [9.17, 15) is 10.1 Å². The summed E-state index contributed by atoms with van der Waals surface area (Å²) < 4.78 is 10.5. The van der Waals surface area contributed by atoms with Crippen molar-refractivity contribution in [3.05, 3.63) is 58.6 Å². The summed E-state index contributed by atoms with van der Waals surface area (Å²) in [7, 11) is 1.47. The molecule has 0 spiro atoms. The van der Waals surface area contributed by atoms with Crippen LogP contribution in [0.1, 0.15) is 0 Å². The number of hydrogen-bond acceptors (Lipinski definition) is 5. The van der Waals surface area contributed by atoms with Gasteiger partial charge >= 0.3 is 0 Å². The van der Waals surface area contributed by atoms with Crippen molar-refractivity contribution >= 4 is 11.4 Å². The van der Waals surface area contributed by atoms with Crippen LogP contribution < -0.4 is 14.8 Å². The predicted molar refractivity (Wildman–Crippen MR) is 80.1 cm³/mol. The smallest absolute Gasteiger partial charge is 0.296 e. The molecule has 21 heavy (non-hydrogen) atoms. The molecule has 2 rings (SSSR count). The van der Waals surface area contributed by atoms with E-state index in [-0.39, 0.29) is 5.69 Å². The Bertz CT molecular complexity index is 602. The summed E-state index contributed by atoms with van der Waals surface area (Å²) in [6.07, 6.45) is 0. The lowest BCUT2D eigenvalue weighted by Crippen LogP contribution is -2.12. The number of rotatable bonds is 7. The van der Waals surface area contributed by atoms with E-state index >= 15 is 0 Å². The third-order valence-corrected chi connectivity index (χ3v) is 2.83. The van der Waals surface area contributed by atoms with Crippen molar-refractivity contribution in [1.29, 1.82) is 0 Å². The van der Waals surface area contributed by atoms with Gasteiger partial charge in [-0.2, -0.15) is 0 Å². The van der Waals surface area contributed by atoms with Gasteiger partial charge in [0.1, 0.15) is 23.8 Å². The maximum atomic E-state index is 11.0. The van der Waals surface area contributed by atoms with Crippen molar-refractivity contribution in [2.24, 2.45) is 0 Å². The summed E-state index contributed by atoms with van der Waals surface area (Å²) in [6, 6.07) is 14.1. The lowest BCUT2D eigenvalue weighted by atomic mass is 10.2. The third-order valence-electron chi connectivity index (χ3n) is 2.83. The summed E-state index contributed by atoms with van der Waals surface area (Å²) in [6.45, 7) is 0.870. The second kappa shape index (κ2) is 7.14. The molecule has 0 aliphatic carbocycles. The number of anilines is 1. The lowest BCUT2D eigenvalue weighted by molar-refractivity contribution is -0.384. The van der Waals surface area contributed by atoms with Crippen molar-refractivity contribution in [2.75, 3.05) is 25.6 Å². The first kappa shape index (κ1) is 14.6. The number of methoxy groups -OCH3 is 1. The quantitative estimate of drug-likeness (QED) is 0.481. The third kappa shape index (κ3) is 4.10. The minimum absolute atomic E-state index is 0.0194. The topological polar surface area (TPSA) is 73.6 Å². The summed E-state index contributed by atoms with van der Waals surface area (Å²) in [5.74, 6) is 1.22. The molecule has 110 valence electrons. The molecule has 0 fully saturated rings. The van der Waals surface area contributed by atoms with Gasteiger partial charge in [0.15, 0.2) is 0 Å². The highest BCUT2D eigenvalue weighted by atomic mass is 16.6. The largest absolute Gasteiger partial charge is 0.496 e. The molecule has 0 saturated carbocycles. The second-order valence-electron chi connectivity index (χ2n) is 4.23. The van der Waals surface area contributed by atoms with Gasteiger partial charge in [0.2, 0.25) is 0 Å². The average Bonchev–Trinajstić information content (AvgIpc) is 2.52. The Kier molecular flexibility index (Phi) is 4.98. The Morgan fingerprint density at radius 1 is 1.14 bits per heavy atom. The van der Waals surface area contributed by atoms with E-state index in [4.69, 9.17) is 9.47 Å². The number of nitro benzene ring substituents is 1. The van der Waals surface area contributed by atoms with Crippen LogP contribution in [0.3, 0.4) is 0 Å². The maximum Gasteiger partial charge on any atom is 0.296 e. The fourth-order valence-electron chi connectivity index (χ4n) is 1.81. The van der Waals surface area contributed by atoms with Crippen LogP contribution in [0.4, 0.5) is 11.4 Å². The molecule has 2 aromatic carbocycles. The minimum Gasteiger partial charge on any atom is -0.496 e. The molecule has 2 aromatic rings. The first-order valence-corrected chi connectivity index (χ1v) is 6.45. The summed E-state index contributed by atoms with van der Waals surface area (Å²) in [5.41, 5.74) is 0.423. The van der Waals surface area contributed by atoms with Crippen LogP contribution in [-0.2, 0) is 0 Å². The highest BCUT2D eigenvalue weighted by molar-refractivity contribution is 5.63. The van der Waals surface area contributed by atoms with Gasteiger partial charge in [-0.05, 0) is 24.3 Å². The van der Waals surface area contributed by atoms with Gasteiger partial charge in [0, 0.05) is 6.54 Å². The van der Waals surface area contributed by atoms with Crippen molar-refractivity contribution in [2.45, 2.75) is 0 Å². The van der Waals surface area contributed by atoms with Crippen molar-refractivity contribution < 1.29 is 14.4 Å². The Labute approximate surface area is 122 Å². The van der Waals surface area contributed by atoms with Gasteiger partial charge < -0.3 is 14.8 Å². The van der Waals surface area contributed by atoms with Gasteiger partial charge in [-0.15, -0.1) is 0 Å². The van der Waals surface area contributed by atoms with E-state index in [1.54, 1.807) is 12.1 Å². The molecule has 0 heterocycles. The molecule has 0 atom stereocenters. The minimum atomic E-state index is -0.442. The summed E-state index contributed by atoms with van der Waals surface area (Å²) in [5, 5.41) is 14.0. The lowest BCUT2D eigenvalue weighted by Gasteiger charge is -2.09. The van der Waals surface area contributed by atoms with E-state index in [1.807, 2.05) is 30.3 Å². The molecule has 0 bridgehead atoms. The molecular weight excluding hydrogens is 272 g/mol. The zero-order chi connectivity index (χ0) is 15.1. The number of ether oxygens (including phenoxy) is 2. The van der Waals surface area contributed by atoms with Crippen LogP contribution in [0.25, 0.3) is 0 Å². The van der Waals surface area contributed by atoms with Crippen LogP contribution in [0.15, 0.2) is 48.5 Å². The standard InChI is InChI=1S/C15H16N2O4/c1-20-13-7-8-14(15(11-13)17(18)19)16-9-10-21-12-5-3-2-4-6-12/h2-8,11,16H,9-10H2,1H3. The molecule has 0 amide bonds. The fraction of sp³-hybridized carbons (Fsp3) is 0.200. The van der Waals surface area contributed by atoms with Crippen LogP contribution in [0, 0.1) is 10.1 Å². The molecule has 0 radical (unpaired) electrons. The van der Waals surface area contributed by atoms with Crippen molar-refractivity contribution in [3.63, 3.8) is 0 Å². The zero-order valence-corrected chi connectivity index (χ0v) is 11.6. The molecule has 0 aliphatic rings. The van der Waals surface area contributed by atoms with Gasteiger partial charge in [-0.1, -0.05) is 18.2 Å². The number of nitrogens with zero attached hydrogens (tertiary/aromatic N) is 1. The zero-order valence-electron chi connectivity index (χ0n) is 11.6. The summed E-state index contributed by atoms with van der Waals surface area (Å²) >= 11 is 0. The Balaban J connectivity index is 1.92. The molecule has 6 nitrogen and oxygen atoms in total. The highest BCUT2D eigenvalue weighted by Crippen LogP contribution is 2.28. The highest BCUT2D eigenvalue weighted by Gasteiger charge is 2.14. The van der Waals surface area contributed by atoms with Gasteiger partial charge in [-0.25, -0.2) is 0 Å². The normalized spacial score (nSPS) is 9.95. The Morgan fingerprint density at radius 2 is 1.90 bits per heavy atom. The predicted octanol–water partition coefficient (Wildman–Crippen LogP) is 3.09. The molecule has 0 unspecified atom stereocenters. The Hall–Kier alpha value is -2.76. The summed E-state index contributed by atoms with van der Waals surface area (Å²) in [4.78, 5) is 10.6. The molecule has 0 saturated heterocycles. The van der Waals surface area contributed by atoms with Crippen molar-refractivity contribution in [3.8, 4) is 11.5 Å². The van der Waals surface area contributed by atoms with E-state index in [1.165, 1.54) is 13.2 Å². The number of hydrogen-bond donors (Lipinski definition) is 1. The number of benzene rings is 2. The Morgan fingerprint density at radius 3 is 2.57 bits per heavy atom. The van der Waals surface area contributed by atoms with E-state index in [0.29, 0.717) is 24.6 Å². The van der Waals surface area contributed by atoms with Gasteiger partial charge in [0.05, 0.1) is 18.1 Å². The van der Waals surface area contributed by atoms with Crippen LogP contribution in [0.2, 0.25) is 0 Å². The number of nitrogens with one attached hydrogen (secondary N) is 1. The SMILES string of the molecule is COc1ccc(NCCOc2ccccc2)c([N+](=O)[O-])c1. The van der Waals surface area contributed by atoms with Crippen molar-refractivity contribution in [1.82, 2.24) is 0 Å². The van der Waals surface area contributed by atoms with Crippen LogP contribution >= 0.6 is 0 Å². The van der Waals surface area contributed by atoms with E-state index < -0.39 is 4.92 Å². The first-order chi connectivity index (χ1) is 10.2. The van der Waals surface area contributed by atoms with E-state index in [0.717, 1.165) is 5.75 Å². The molecule has 0 aliphatic heterocycles. The second-order valence-corrected chi connectivity index (χ2v) is 4.23. The molecule has 1 N–H and O–H groups in total. The monoisotopic (exact) mass is 288 g/mol. The molecular formula is C15H16N2O4. The average molecular weight is 288 g/mol. The van der Waals surface area contributed by atoms with Crippen LogP contribution in [0.5, 0.6) is 11.5 Å². The molecule has 0 aromatic heterocycles. The van der Waals surface area contributed by atoms with Crippen LogP contribution in [-0.4, -0.2) is 25.2 Å². The molecule has 6 heteroatoms. The fourth-order valence-corrected chi connectivity index (χ4v) is 1.81. The maximum absolute atomic E-state index is 11.0. The van der Waals surface area contributed by atoms with Gasteiger partial charge in [-0.3, -0.25) is 10.1 Å². The number of para-hydroxylation sites is 1. The number of nitro groups is 1. The van der Waals surface area contributed by atoms with E-state index in [2.05, 4.69) is 5.32 Å². The van der Waals surface area contributed by atoms with Gasteiger partial charge in [0.25, 0.3) is 5.69 Å². The first-order valence-electron chi connectivity index (χ1n) is 6.45.